The number of hydrogen-bond acceptors (Lipinski definition) is 2. The lowest BCUT2D eigenvalue weighted by molar-refractivity contribution is 0.525. The molecule has 0 aliphatic rings. The molecule has 1 aromatic rings. The minimum absolute atomic E-state index is 0.362. The zero-order valence-corrected chi connectivity index (χ0v) is 10.8. The first-order valence-corrected chi connectivity index (χ1v) is 5.87. The standard InChI is InChI=1S/C12H14Cl2N2/c1-8(2)7-16-12(6-15)9-3-10(13)5-11(14)4-9/h3-5,8,12,16H,7H2,1-2H3. The Morgan fingerprint density at radius 2 is 1.81 bits per heavy atom. The third-order valence-corrected chi connectivity index (χ3v) is 2.51. The van der Waals surface area contributed by atoms with E-state index in [1.165, 1.54) is 0 Å². The van der Waals surface area contributed by atoms with Gasteiger partial charge in [-0.2, -0.15) is 5.26 Å². The van der Waals surface area contributed by atoms with Gasteiger partial charge >= 0.3 is 0 Å². The van der Waals surface area contributed by atoms with Crippen molar-refractivity contribution < 1.29 is 0 Å². The van der Waals surface area contributed by atoms with Gasteiger partial charge in [0.2, 0.25) is 0 Å². The van der Waals surface area contributed by atoms with Crippen molar-refractivity contribution in [3.8, 4) is 6.07 Å². The fourth-order valence-electron chi connectivity index (χ4n) is 1.33. The molecule has 0 fully saturated rings. The first-order valence-electron chi connectivity index (χ1n) is 5.12. The molecule has 0 aromatic heterocycles. The molecule has 86 valence electrons. The van der Waals surface area contributed by atoms with Crippen molar-refractivity contribution in [1.29, 1.82) is 5.26 Å². The first kappa shape index (κ1) is 13.3. The van der Waals surface area contributed by atoms with Gasteiger partial charge in [0, 0.05) is 10.0 Å². The summed E-state index contributed by atoms with van der Waals surface area (Å²) in [6, 6.07) is 7.01. The molecule has 1 aromatic carbocycles. The van der Waals surface area contributed by atoms with Crippen molar-refractivity contribution in [3.63, 3.8) is 0 Å². The summed E-state index contributed by atoms with van der Waals surface area (Å²) in [5.74, 6) is 0.491. The molecule has 0 aliphatic carbocycles. The van der Waals surface area contributed by atoms with Crippen LogP contribution in [-0.4, -0.2) is 6.54 Å². The topological polar surface area (TPSA) is 35.8 Å². The Morgan fingerprint density at radius 3 is 2.25 bits per heavy atom. The number of nitrogens with zero attached hydrogens (tertiary/aromatic N) is 1. The van der Waals surface area contributed by atoms with Crippen molar-refractivity contribution >= 4 is 23.2 Å². The molecule has 4 heteroatoms. The third kappa shape index (κ3) is 4.02. The van der Waals surface area contributed by atoms with Gasteiger partial charge in [-0.15, -0.1) is 0 Å². The summed E-state index contributed by atoms with van der Waals surface area (Å²) in [6.45, 7) is 4.96. The monoisotopic (exact) mass is 256 g/mol. The molecule has 0 heterocycles. The van der Waals surface area contributed by atoms with E-state index in [0.29, 0.717) is 16.0 Å². The number of nitriles is 1. The average molecular weight is 257 g/mol. The van der Waals surface area contributed by atoms with E-state index in [1.807, 2.05) is 0 Å². The SMILES string of the molecule is CC(C)CNC(C#N)c1cc(Cl)cc(Cl)c1. The van der Waals surface area contributed by atoms with Crippen LogP contribution in [0.2, 0.25) is 10.0 Å². The molecule has 1 unspecified atom stereocenters. The number of hydrogen-bond donors (Lipinski definition) is 1. The number of benzene rings is 1. The summed E-state index contributed by atoms with van der Waals surface area (Å²) in [7, 11) is 0. The van der Waals surface area contributed by atoms with Gasteiger partial charge in [0.15, 0.2) is 0 Å². The molecule has 1 rings (SSSR count). The Hall–Kier alpha value is -0.750. The molecule has 0 radical (unpaired) electrons. The zero-order valence-electron chi connectivity index (χ0n) is 9.30. The van der Waals surface area contributed by atoms with Crippen LogP contribution in [0.1, 0.15) is 25.5 Å². The minimum atomic E-state index is -0.362. The Kier molecular flexibility index (Phi) is 5.08. The molecular formula is C12H14Cl2N2. The van der Waals surface area contributed by atoms with Gasteiger partial charge in [-0.25, -0.2) is 0 Å². The van der Waals surface area contributed by atoms with Gasteiger partial charge in [-0.05, 0) is 36.2 Å². The quantitative estimate of drug-likeness (QED) is 0.890. The molecule has 16 heavy (non-hydrogen) atoms. The van der Waals surface area contributed by atoms with Crippen LogP contribution >= 0.6 is 23.2 Å². The van der Waals surface area contributed by atoms with E-state index in [2.05, 4.69) is 25.2 Å². The Labute approximate surface area is 106 Å². The molecule has 0 amide bonds. The predicted molar refractivity (Wildman–Crippen MR) is 67.7 cm³/mol. The summed E-state index contributed by atoms with van der Waals surface area (Å²) in [4.78, 5) is 0. The fourth-order valence-corrected chi connectivity index (χ4v) is 1.88. The molecule has 2 nitrogen and oxygen atoms in total. The lowest BCUT2D eigenvalue weighted by Crippen LogP contribution is -2.24. The second kappa shape index (κ2) is 6.10. The summed E-state index contributed by atoms with van der Waals surface area (Å²) >= 11 is 11.8. The molecule has 1 N–H and O–H groups in total. The van der Waals surface area contributed by atoms with Gasteiger partial charge in [-0.3, -0.25) is 5.32 Å². The highest BCUT2D eigenvalue weighted by Crippen LogP contribution is 2.23. The largest absolute Gasteiger partial charge is 0.298 e. The molecular weight excluding hydrogens is 243 g/mol. The van der Waals surface area contributed by atoms with Crippen LogP contribution in [-0.2, 0) is 0 Å². The van der Waals surface area contributed by atoms with E-state index < -0.39 is 0 Å². The van der Waals surface area contributed by atoms with E-state index in [9.17, 15) is 0 Å². The van der Waals surface area contributed by atoms with Crippen LogP contribution in [0.25, 0.3) is 0 Å². The maximum atomic E-state index is 9.08. The zero-order chi connectivity index (χ0) is 12.1. The smallest absolute Gasteiger partial charge is 0.121 e. The summed E-state index contributed by atoms with van der Waals surface area (Å²) in [6.07, 6.45) is 0. The second-order valence-corrected chi connectivity index (χ2v) is 4.94. The van der Waals surface area contributed by atoms with Crippen molar-refractivity contribution in [2.75, 3.05) is 6.54 Å². The fraction of sp³-hybridized carbons (Fsp3) is 0.417. The van der Waals surface area contributed by atoms with Gasteiger partial charge in [0.1, 0.15) is 6.04 Å². The normalized spacial score (nSPS) is 12.5. The minimum Gasteiger partial charge on any atom is -0.298 e. The van der Waals surface area contributed by atoms with Crippen LogP contribution in [0.3, 0.4) is 0 Å². The highest BCUT2D eigenvalue weighted by Gasteiger charge is 2.11. The van der Waals surface area contributed by atoms with E-state index in [4.69, 9.17) is 28.5 Å². The second-order valence-electron chi connectivity index (χ2n) is 4.07. The predicted octanol–water partition coefficient (Wildman–Crippen LogP) is 3.80. The van der Waals surface area contributed by atoms with Crippen molar-refractivity contribution in [1.82, 2.24) is 5.32 Å². The van der Waals surface area contributed by atoms with Crippen LogP contribution in [0, 0.1) is 17.2 Å². The van der Waals surface area contributed by atoms with Gasteiger partial charge < -0.3 is 0 Å². The number of halogens is 2. The lowest BCUT2D eigenvalue weighted by Gasteiger charge is -2.14. The molecule has 0 spiro atoms. The molecule has 0 saturated carbocycles. The Bertz CT molecular complexity index is 376. The summed E-state index contributed by atoms with van der Waals surface area (Å²) in [5.41, 5.74) is 0.806. The molecule has 0 bridgehead atoms. The van der Waals surface area contributed by atoms with Crippen molar-refractivity contribution in [2.45, 2.75) is 19.9 Å². The van der Waals surface area contributed by atoms with Gasteiger partial charge in [0.25, 0.3) is 0 Å². The molecule has 0 saturated heterocycles. The van der Waals surface area contributed by atoms with Crippen LogP contribution in [0.5, 0.6) is 0 Å². The summed E-state index contributed by atoms with van der Waals surface area (Å²) in [5, 5.41) is 13.3. The van der Waals surface area contributed by atoms with E-state index >= 15 is 0 Å². The van der Waals surface area contributed by atoms with E-state index in [0.717, 1.165) is 12.1 Å². The third-order valence-electron chi connectivity index (χ3n) is 2.08. The molecule has 0 aliphatic heterocycles. The highest BCUT2D eigenvalue weighted by atomic mass is 35.5. The maximum absolute atomic E-state index is 9.08. The number of nitrogens with one attached hydrogen (secondary N) is 1. The maximum Gasteiger partial charge on any atom is 0.121 e. The van der Waals surface area contributed by atoms with Gasteiger partial charge in [-0.1, -0.05) is 37.0 Å². The van der Waals surface area contributed by atoms with E-state index in [-0.39, 0.29) is 6.04 Å². The van der Waals surface area contributed by atoms with Crippen LogP contribution in [0.4, 0.5) is 0 Å². The van der Waals surface area contributed by atoms with Crippen molar-refractivity contribution in [3.05, 3.63) is 33.8 Å². The van der Waals surface area contributed by atoms with Crippen molar-refractivity contribution in [2.24, 2.45) is 5.92 Å². The Balaban J connectivity index is 2.83. The lowest BCUT2D eigenvalue weighted by atomic mass is 10.1. The summed E-state index contributed by atoms with van der Waals surface area (Å²) < 4.78 is 0. The Morgan fingerprint density at radius 1 is 1.25 bits per heavy atom. The average Bonchev–Trinajstić information content (AvgIpc) is 2.16. The number of rotatable bonds is 4. The first-order chi connectivity index (χ1) is 7.52. The molecule has 1 atom stereocenters. The van der Waals surface area contributed by atoms with Gasteiger partial charge in [0.05, 0.1) is 6.07 Å². The van der Waals surface area contributed by atoms with Crippen LogP contribution < -0.4 is 5.32 Å². The highest BCUT2D eigenvalue weighted by molar-refractivity contribution is 6.34. The van der Waals surface area contributed by atoms with E-state index in [1.54, 1.807) is 18.2 Å². The van der Waals surface area contributed by atoms with Crippen LogP contribution in [0.15, 0.2) is 18.2 Å².